The van der Waals surface area contributed by atoms with Crippen molar-refractivity contribution in [3.05, 3.63) is 41.6 Å². The van der Waals surface area contributed by atoms with Gasteiger partial charge in [-0.1, -0.05) is 18.2 Å². The Balaban J connectivity index is 2.64. The average Bonchev–Trinajstić information content (AvgIpc) is 2.77. The van der Waals surface area contributed by atoms with E-state index in [1.165, 1.54) is 6.20 Å². The van der Waals surface area contributed by atoms with E-state index in [2.05, 4.69) is 10.2 Å². The first-order valence-corrected chi connectivity index (χ1v) is 4.50. The summed E-state index contributed by atoms with van der Waals surface area (Å²) in [6.07, 6.45) is 1.23. The van der Waals surface area contributed by atoms with Gasteiger partial charge in [0.15, 0.2) is 0 Å². The molecule has 0 amide bonds. The molecule has 0 unspecified atom stereocenters. The molecule has 0 spiro atoms. The van der Waals surface area contributed by atoms with E-state index in [1.54, 1.807) is 24.3 Å². The molecule has 78 valence electrons. The molecule has 2 N–H and O–H groups in total. The van der Waals surface area contributed by atoms with E-state index < -0.39 is 5.97 Å². The zero-order chi connectivity index (χ0) is 11.5. The molecule has 0 aliphatic rings. The second-order valence-corrected chi connectivity index (χ2v) is 3.12. The number of nitrogens with one attached hydrogen (secondary N) is 1. The standard InChI is InChI=1S/C11H7N3O2/c12-5-7-3-1-2-4-8(7)10-9(11(15)16)6-13-14-10/h1-4,6H,(H,13,14)(H,15,16). The van der Waals surface area contributed by atoms with Crippen LogP contribution in [0.15, 0.2) is 30.5 Å². The molecule has 0 fully saturated rings. The summed E-state index contributed by atoms with van der Waals surface area (Å²) >= 11 is 0. The van der Waals surface area contributed by atoms with Crippen molar-refractivity contribution in [1.29, 1.82) is 5.26 Å². The zero-order valence-electron chi connectivity index (χ0n) is 8.14. The van der Waals surface area contributed by atoms with Crippen molar-refractivity contribution in [2.24, 2.45) is 0 Å². The third kappa shape index (κ3) is 1.53. The van der Waals surface area contributed by atoms with Gasteiger partial charge < -0.3 is 5.11 Å². The van der Waals surface area contributed by atoms with Gasteiger partial charge in [0.2, 0.25) is 0 Å². The lowest BCUT2D eigenvalue weighted by molar-refractivity contribution is 0.0698. The Kier molecular flexibility index (Phi) is 2.40. The molecule has 0 saturated carbocycles. The highest BCUT2D eigenvalue weighted by Gasteiger charge is 2.16. The summed E-state index contributed by atoms with van der Waals surface area (Å²) in [6, 6.07) is 8.77. The van der Waals surface area contributed by atoms with Gasteiger partial charge in [-0.25, -0.2) is 4.79 Å². The number of carboxylic acids is 1. The van der Waals surface area contributed by atoms with Gasteiger partial charge in [0.05, 0.1) is 23.5 Å². The van der Waals surface area contributed by atoms with Crippen LogP contribution in [-0.2, 0) is 0 Å². The summed E-state index contributed by atoms with van der Waals surface area (Å²) in [5.74, 6) is -1.07. The Morgan fingerprint density at radius 3 is 2.88 bits per heavy atom. The van der Waals surface area contributed by atoms with Crippen LogP contribution in [0, 0.1) is 11.3 Å². The van der Waals surface area contributed by atoms with E-state index in [1.807, 2.05) is 6.07 Å². The van der Waals surface area contributed by atoms with Crippen LogP contribution < -0.4 is 0 Å². The summed E-state index contributed by atoms with van der Waals surface area (Å²) in [6.45, 7) is 0. The molecule has 0 aliphatic heterocycles. The van der Waals surface area contributed by atoms with Crippen molar-refractivity contribution >= 4 is 5.97 Å². The van der Waals surface area contributed by atoms with Crippen LogP contribution in [0.25, 0.3) is 11.3 Å². The summed E-state index contributed by atoms with van der Waals surface area (Å²) in [5, 5.41) is 24.1. The lowest BCUT2D eigenvalue weighted by atomic mass is 10.0. The Morgan fingerprint density at radius 2 is 2.19 bits per heavy atom. The number of carbonyl (C=O) groups is 1. The summed E-state index contributed by atoms with van der Waals surface area (Å²) < 4.78 is 0. The number of rotatable bonds is 2. The van der Waals surface area contributed by atoms with Crippen LogP contribution in [0.2, 0.25) is 0 Å². The van der Waals surface area contributed by atoms with Crippen LogP contribution >= 0.6 is 0 Å². The van der Waals surface area contributed by atoms with Gasteiger partial charge in [-0.3, -0.25) is 5.10 Å². The van der Waals surface area contributed by atoms with Crippen molar-refractivity contribution in [2.45, 2.75) is 0 Å². The molecule has 1 aromatic heterocycles. The summed E-state index contributed by atoms with van der Waals surface area (Å²) in [5.41, 5.74) is 1.36. The third-order valence-corrected chi connectivity index (χ3v) is 2.19. The maximum Gasteiger partial charge on any atom is 0.339 e. The molecule has 2 rings (SSSR count). The van der Waals surface area contributed by atoms with E-state index in [4.69, 9.17) is 10.4 Å². The first-order chi connectivity index (χ1) is 7.74. The van der Waals surface area contributed by atoms with Crippen LogP contribution in [0.3, 0.4) is 0 Å². The molecule has 0 atom stereocenters. The summed E-state index contributed by atoms with van der Waals surface area (Å²) in [4.78, 5) is 10.9. The van der Waals surface area contributed by atoms with E-state index >= 15 is 0 Å². The first-order valence-electron chi connectivity index (χ1n) is 4.50. The molecule has 2 aromatic rings. The maximum absolute atomic E-state index is 10.9. The largest absolute Gasteiger partial charge is 0.478 e. The minimum absolute atomic E-state index is 0.0581. The van der Waals surface area contributed by atoms with E-state index in [0.717, 1.165) is 0 Å². The summed E-state index contributed by atoms with van der Waals surface area (Å²) in [7, 11) is 0. The number of carboxylic acid groups (broad SMARTS) is 1. The van der Waals surface area contributed by atoms with Crippen LogP contribution in [-0.4, -0.2) is 21.3 Å². The Hall–Kier alpha value is -2.61. The fourth-order valence-corrected chi connectivity index (χ4v) is 1.45. The number of aromatic nitrogens is 2. The Bertz CT molecular complexity index is 581. The molecule has 16 heavy (non-hydrogen) atoms. The van der Waals surface area contributed by atoms with Crippen molar-refractivity contribution in [3.63, 3.8) is 0 Å². The number of nitrogens with zero attached hydrogens (tertiary/aromatic N) is 2. The molecule has 0 saturated heterocycles. The van der Waals surface area contributed by atoms with Crippen LogP contribution in [0.4, 0.5) is 0 Å². The number of nitriles is 1. The number of hydrogen-bond donors (Lipinski definition) is 2. The molecule has 0 radical (unpaired) electrons. The first kappa shape index (κ1) is 9.93. The quantitative estimate of drug-likeness (QED) is 0.793. The number of aromatic carboxylic acids is 1. The van der Waals surface area contributed by atoms with Gasteiger partial charge in [-0.2, -0.15) is 10.4 Å². The third-order valence-electron chi connectivity index (χ3n) is 2.19. The average molecular weight is 213 g/mol. The molecule has 1 heterocycles. The number of benzene rings is 1. The van der Waals surface area contributed by atoms with Gasteiger partial charge in [-0.05, 0) is 6.07 Å². The van der Waals surface area contributed by atoms with E-state index in [0.29, 0.717) is 16.8 Å². The van der Waals surface area contributed by atoms with E-state index in [-0.39, 0.29) is 5.56 Å². The monoisotopic (exact) mass is 213 g/mol. The van der Waals surface area contributed by atoms with E-state index in [9.17, 15) is 4.79 Å². The van der Waals surface area contributed by atoms with Crippen molar-refractivity contribution in [1.82, 2.24) is 10.2 Å². The highest BCUT2D eigenvalue weighted by atomic mass is 16.4. The number of H-pyrrole nitrogens is 1. The Labute approximate surface area is 91.0 Å². The van der Waals surface area contributed by atoms with Crippen molar-refractivity contribution in [3.8, 4) is 17.3 Å². The second kappa shape index (κ2) is 3.87. The smallest absolute Gasteiger partial charge is 0.339 e. The molecule has 0 aliphatic carbocycles. The predicted molar refractivity (Wildman–Crippen MR) is 55.7 cm³/mol. The highest BCUT2D eigenvalue weighted by molar-refractivity contribution is 5.95. The van der Waals surface area contributed by atoms with Crippen molar-refractivity contribution in [2.75, 3.05) is 0 Å². The fourth-order valence-electron chi connectivity index (χ4n) is 1.45. The fraction of sp³-hybridized carbons (Fsp3) is 0. The van der Waals surface area contributed by atoms with Crippen LogP contribution in [0.1, 0.15) is 15.9 Å². The molecular formula is C11H7N3O2. The lowest BCUT2D eigenvalue weighted by Crippen LogP contribution is -1.97. The minimum atomic E-state index is -1.07. The number of aromatic amines is 1. The molecule has 5 heteroatoms. The zero-order valence-corrected chi connectivity index (χ0v) is 8.14. The second-order valence-electron chi connectivity index (χ2n) is 3.12. The normalized spacial score (nSPS) is 9.69. The minimum Gasteiger partial charge on any atom is -0.478 e. The Morgan fingerprint density at radius 1 is 1.44 bits per heavy atom. The topological polar surface area (TPSA) is 89.8 Å². The lowest BCUT2D eigenvalue weighted by Gasteiger charge is -2.01. The SMILES string of the molecule is N#Cc1ccccc1-c1[nH]ncc1C(=O)O. The maximum atomic E-state index is 10.9. The van der Waals surface area contributed by atoms with Gasteiger partial charge in [0.1, 0.15) is 5.56 Å². The van der Waals surface area contributed by atoms with Crippen molar-refractivity contribution < 1.29 is 9.90 Å². The van der Waals surface area contributed by atoms with Gasteiger partial charge in [0.25, 0.3) is 0 Å². The predicted octanol–water partition coefficient (Wildman–Crippen LogP) is 1.65. The van der Waals surface area contributed by atoms with Gasteiger partial charge >= 0.3 is 5.97 Å². The molecule has 1 aromatic carbocycles. The van der Waals surface area contributed by atoms with Gasteiger partial charge in [0, 0.05) is 5.56 Å². The van der Waals surface area contributed by atoms with Gasteiger partial charge in [-0.15, -0.1) is 0 Å². The number of hydrogen-bond acceptors (Lipinski definition) is 3. The molecule has 5 nitrogen and oxygen atoms in total. The molecular weight excluding hydrogens is 206 g/mol. The van der Waals surface area contributed by atoms with Crippen LogP contribution in [0.5, 0.6) is 0 Å². The molecule has 0 bridgehead atoms. The highest BCUT2D eigenvalue weighted by Crippen LogP contribution is 2.24.